The number of nitrogens with one attached hydrogen (secondary N) is 1. The van der Waals surface area contributed by atoms with Crippen LogP contribution in [0.2, 0.25) is 0 Å². The van der Waals surface area contributed by atoms with E-state index in [1.807, 2.05) is 14.0 Å². The molecule has 0 radical (unpaired) electrons. The Hall–Kier alpha value is -2.67. The Bertz CT molecular complexity index is 814. The first kappa shape index (κ1) is 16.2. The number of halogens is 1. The van der Waals surface area contributed by atoms with Gasteiger partial charge in [0.2, 0.25) is 5.89 Å². The van der Waals surface area contributed by atoms with Gasteiger partial charge in [0, 0.05) is 18.9 Å². The number of aryl methyl sites for hydroxylation is 1. The Kier molecular flexibility index (Phi) is 4.61. The highest BCUT2D eigenvalue weighted by Gasteiger charge is 2.17. The van der Waals surface area contributed by atoms with Crippen molar-refractivity contribution in [2.24, 2.45) is 0 Å². The van der Waals surface area contributed by atoms with Gasteiger partial charge in [-0.25, -0.2) is 14.4 Å². The smallest absolute Gasteiger partial charge is 0.229 e. The molecule has 126 valence electrons. The second-order valence-corrected chi connectivity index (χ2v) is 5.58. The molecule has 0 spiro atoms. The third kappa shape index (κ3) is 3.46. The molecule has 3 rings (SSSR count). The molecule has 0 fully saturated rings. The molecule has 0 unspecified atom stereocenters. The first-order valence-corrected chi connectivity index (χ1v) is 7.54. The van der Waals surface area contributed by atoms with E-state index < -0.39 is 5.82 Å². The number of imidazole rings is 1. The topological polar surface area (TPSA) is 67.2 Å². The molecule has 2 heterocycles. The van der Waals surface area contributed by atoms with Gasteiger partial charge in [-0.3, -0.25) is 4.90 Å². The van der Waals surface area contributed by atoms with Gasteiger partial charge >= 0.3 is 0 Å². The zero-order valence-electron chi connectivity index (χ0n) is 13.8. The van der Waals surface area contributed by atoms with Gasteiger partial charge < -0.3 is 14.1 Å². The number of aromatic amines is 1. The van der Waals surface area contributed by atoms with Gasteiger partial charge in [0.05, 0.1) is 24.9 Å². The number of methoxy groups -OCH3 is 1. The number of hydrogen-bond acceptors (Lipinski definition) is 5. The highest BCUT2D eigenvalue weighted by molar-refractivity contribution is 5.57. The van der Waals surface area contributed by atoms with E-state index in [2.05, 4.69) is 19.9 Å². The van der Waals surface area contributed by atoms with Crippen molar-refractivity contribution >= 4 is 0 Å². The lowest BCUT2D eigenvalue weighted by Gasteiger charge is -2.13. The zero-order valence-corrected chi connectivity index (χ0v) is 13.8. The quantitative estimate of drug-likeness (QED) is 0.752. The van der Waals surface area contributed by atoms with Gasteiger partial charge in [-0.1, -0.05) is 0 Å². The lowest BCUT2D eigenvalue weighted by Crippen LogP contribution is -2.18. The summed E-state index contributed by atoms with van der Waals surface area (Å²) in [6.45, 7) is 3.05. The highest BCUT2D eigenvalue weighted by Crippen LogP contribution is 2.28. The molecule has 3 aromatic rings. The van der Waals surface area contributed by atoms with Crippen molar-refractivity contribution in [1.82, 2.24) is 19.9 Å². The van der Waals surface area contributed by atoms with E-state index in [0.29, 0.717) is 24.6 Å². The van der Waals surface area contributed by atoms with Crippen LogP contribution in [-0.2, 0) is 13.1 Å². The van der Waals surface area contributed by atoms with E-state index in [1.54, 1.807) is 24.5 Å². The van der Waals surface area contributed by atoms with Gasteiger partial charge in [-0.05, 0) is 32.2 Å². The van der Waals surface area contributed by atoms with Gasteiger partial charge in [-0.2, -0.15) is 0 Å². The summed E-state index contributed by atoms with van der Waals surface area (Å²) in [6, 6.07) is 4.49. The predicted octanol–water partition coefficient (Wildman–Crippen LogP) is 3.15. The first-order valence-electron chi connectivity index (χ1n) is 7.54. The molecular weight excluding hydrogens is 311 g/mol. The predicted molar refractivity (Wildman–Crippen MR) is 86.9 cm³/mol. The molecule has 0 aliphatic rings. The van der Waals surface area contributed by atoms with Crippen molar-refractivity contribution in [3.05, 3.63) is 53.7 Å². The summed E-state index contributed by atoms with van der Waals surface area (Å²) in [6.07, 6.45) is 3.50. The monoisotopic (exact) mass is 330 g/mol. The van der Waals surface area contributed by atoms with E-state index >= 15 is 0 Å². The van der Waals surface area contributed by atoms with Gasteiger partial charge in [0.15, 0.2) is 0 Å². The number of rotatable bonds is 6. The van der Waals surface area contributed by atoms with E-state index in [1.165, 1.54) is 13.2 Å². The number of H-pyrrole nitrogens is 1. The minimum absolute atomic E-state index is 0.255. The SMILES string of the molecule is COc1ccc(F)c(-c2nc(CN(C)Cc3ncc[nH]3)c(C)o2)c1. The Morgan fingerprint density at radius 2 is 2.17 bits per heavy atom. The summed E-state index contributed by atoms with van der Waals surface area (Å²) in [5, 5.41) is 0. The Morgan fingerprint density at radius 3 is 2.88 bits per heavy atom. The summed E-state index contributed by atoms with van der Waals surface area (Å²) in [7, 11) is 3.50. The summed E-state index contributed by atoms with van der Waals surface area (Å²) < 4.78 is 24.9. The standard InChI is InChI=1S/C17H19FN4O2/c1-11-15(9-22(2)10-16-19-6-7-20-16)21-17(24-11)13-8-12(23-3)4-5-14(13)18/h4-8H,9-10H2,1-3H3,(H,19,20). The third-order valence-electron chi connectivity index (χ3n) is 3.69. The molecule has 0 aliphatic carbocycles. The van der Waals surface area contributed by atoms with Crippen molar-refractivity contribution in [3.8, 4) is 17.2 Å². The molecule has 0 aliphatic heterocycles. The van der Waals surface area contributed by atoms with Gasteiger partial charge in [0.25, 0.3) is 0 Å². The van der Waals surface area contributed by atoms with Crippen LogP contribution >= 0.6 is 0 Å². The summed E-state index contributed by atoms with van der Waals surface area (Å²) in [5.41, 5.74) is 1.05. The molecular formula is C17H19FN4O2. The summed E-state index contributed by atoms with van der Waals surface area (Å²) >= 11 is 0. The molecule has 2 aromatic heterocycles. The molecule has 0 saturated heterocycles. The Balaban J connectivity index is 1.80. The van der Waals surface area contributed by atoms with Crippen molar-refractivity contribution in [2.45, 2.75) is 20.0 Å². The van der Waals surface area contributed by atoms with E-state index in [0.717, 1.165) is 11.5 Å². The lowest BCUT2D eigenvalue weighted by molar-refractivity contribution is 0.306. The van der Waals surface area contributed by atoms with Crippen molar-refractivity contribution in [3.63, 3.8) is 0 Å². The molecule has 0 atom stereocenters. The van der Waals surface area contributed by atoms with Crippen LogP contribution in [0.5, 0.6) is 5.75 Å². The molecule has 0 amide bonds. The third-order valence-corrected chi connectivity index (χ3v) is 3.69. The van der Waals surface area contributed by atoms with Crippen LogP contribution in [0, 0.1) is 12.7 Å². The van der Waals surface area contributed by atoms with Crippen molar-refractivity contribution in [2.75, 3.05) is 14.2 Å². The molecule has 0 saturated carbocycles. The van der Waals surface area contributed by atoms with Crippen LogP contribution in [0.25, 0.3) is 11.5 Å². The number of benzene rings is 1. The molecule has 1 aromatic carbocycles. The van der Waals surface area contributed by atoms with E-state index in [4.69, 9.17) is 9.15 Å². The first-order chi connectivity index (χ1) is 11.6. The number of aromatic nitrogens is 3. The number of nitrogens with zero attached hydrogens (tertiary/aromatic N) is 3. The molecule has 6 nitrogen and oxygen atoms in total. The molecule has 0 bridgehead atoms. The highest BCUT2D eigenvalue weighted by atomic mass is 19.1. The van der Waals surface area contributed by atoms with Gasteiger partial charge in [-0.15, -0.1) is 0 Å². The van der Waals surface area contributed by atoms with Crippen LogP contribution in [-0.4, -0.2) is 34.0 Å². The minimum atomic E-state index is -0.396. The van der Waals surface area contributed by atoms with Crippen LogP contribution in [0.4, 0.5) is 4.39 Å². The number of oxazole rings is 1. The van der Waals surface area contributed by atoms with Crippen LogP contribution in [0.3, 0.4) is 0 Å². The van der Waals surface area contributed by atoms with Crippen LogP contribution in [0.1, 0.15) is 17.3 Å². The largest absolute Gasteiger partial charge is 0.497 e. The minimum Gasteiger partial charge on any atom is -0.497 e. The average molecular weight is 330 g/mol. The fraction of sp³-hybridized carbons (Fsp3) is 0.294. The second kappa shape index (κ2) is 6.84. The fourth-order valence-corrected chi connectivity index (χ4v) is 2.44. The van der Waals surface area contributed by atoms with E-state index in [9.17, 15) is 4.39 Å². The fourth-order valence-electron chi connectivity index (χ4n) is 2.44. The number of ether oxygens (including phenoxy) is 1. The Labute approximate surface area is 139 Å². The second-order valence-electron chi connectivity index (χ2n) is 5.58. The average Bonchev–Trinajstić information content (AvgIpc) is 3.18. The van der Waals surface area contributed by atoms with Gasteiger partial charge in [0.1, 0.15) is 23.2 Å². The zero-order chi connectivity index (χ0) is 17.1. The molecule has 1 N–H and O–H groups in total. The molecule has 24 heavy (non-hydrogen) atoms. The van der Waals surface area contributed by atoms with Crippen LogP contribution < -0.4 is 4.74 Å². The normalized spacial score (nSPS) is 11.2. The maximum Gasteiger partial charge on any atom is 0.229 e. The maximum atomic E-state index is 14.1. The Morgan fingerprint density at radius 1 is 1.33 bits per heavy atom. The number of hydrogen-bond donors (Lipinski definition) is 1. The van der Waals surface area contributed by atoms with Crippen molar-refractivity contribution < 1.29 is 13.5 Å². The van der Waals surface area contributed by atoms with E-state index in [-0.39, 0.29) is 11.5 Å². The molecule has 7 heteroatoms. The maximum absolute atomic E-state index is 14.1. The van der Waals surface area contributed by atoms with Crippen LogP contribution in [0.15, 0.2) is 35.0 Å². The van der Waals surface area contributed by atoms with Crippen molar-refractivity contribution in [1.29, 1.82) is 0 Å². The summed E-state index contributed by atoms with van der Waals surface area (Å²) in [5.74, 6) is 1.95. The summed E-state index contributed by atoms with van der Waals surface area (Å²) in [4.78, 5) is 13.8. The lowest BCUT2D eigenvalue weighted by atomic mass is 10.2.